The fraction of sp³-hybridized carbons (Fsp3) is 0.111. The van der Waals surface area contributed by atoms with Crippen LogP contribution in [0.4, 0.5) is 11.4 Å². The first kappa shape index (κ1) is 32.6. The summed E-state index contributed by atoms with van der Waals surface area (Å²) in [7, 11) is 3.30. The third-order valence-corrected chi connectivity index (χ3v) is 8.28. The molecule has 47 heavy (non-hydrogen) atoms. The number of hydrogen-bond donors (Lipinski definition) is 3. The maximum Gasteiger partial charge on any atom is 0.295 e. The topological polar surface area (TPSA) is 123 Å². The maximum atomic E-state index is 13.4. The molecule has 0 atom stereocenters. The summed E-state index contributed by atoms with van der Waals surface area (Å²) in [5, 5.41) is 8.31. The van der Waals surface area contributed by atoms with Gasteiger partial charge in [0.2, 0.25) is 5.91 Å². The summed E-state index contributed by atoms with van der Waals surface area (Å²) in [6.45, 7) is 1.78. The van der Waals surface area contributed by atoms with Crippen molar-refractivity contribution >= 4 is 46.9 Å². The van der Waals surface area contributed by atoms with E-state index < -0.39 is 11.8 Å². The van der Waals surface area contributed by atoms with Crippen molar-refractivity contribution in [3.05, 3.63) is 142 Å². The average molecular weight is 648 g/mol. The summed E-state index contributed by atoms with van der Waals surface area (Å²) in [5.41, 5.74) is 2.79. The predicted molar refractivity (Wildman–Crippen MR) is 185 cm³/mol. The van der Waals surface area contributed by atoms with Gasteiger partial charge in [-0.15, -0.1) is 11.8 Å². The number of nitrogens with zero attached hydrogens (tertiary/aromatic N) is 2. The van der Waals surface area contributed by atoms with Crippen LogP contribution < -0.4 is 26.2 Å². The molecule has 10 nitrogen and oxygen atoms in total. The minimum atomic E-state index is -0.528. The van der Waals surface area contributed by atoms with Crippen molar-refractivity contribution in [1.82, 2.24) is 14.7 Å². The largest absolute Gasteiger partial charge is 0.496 e. The number of methoxy groups -OCH3 is 1. The van der Waals surface area contributed by atoms with Crippen molar-refractivity contribution in [3.8, 4) is 11.4 Å². The van der Waals surface area contributed by atoms with Crippen LogP contribution in [0.2, 0.25) is 0 Å². The molecule has 0 unspecified atom stereocenters. The Labute approximate surface area is 276 Å². The Morgan fingerprint density at radius 2 is 1.47 bits per heavy atom. The van der Waals surface area contributed by atoms with Gasteiger partial charge in [0.15, 0.2) is 0 Å². The minimum Gasteiger partial charge on any atom is -0.496 e. The number of amides is 3. The van der Waals surface area contributed by atoms with Gasteiger partial charge >= 0.3 is 0 Å². The fourth-order valence-corrected chi connectivity index (χ4v) is 5.45. The normalized spacial score (nSPS) is 11.1. The highest BCUT2D eigenvalue weighted by Gasteiger charge is 2.19. The van der Waals surface area contributed by atoms with Crippen molar-refractivity contribution in [1.29, 1.82) is 0 Å². The Morgan fingerprint density at radius 3 is 2.15 bits per heavy atom. The molecule has 3 N–H and O–H groups in total. The average Bonchev–Trinajstić information content (AvgIpc) is 3.31. The fourth-order valence-electron chi connectivity index (χ4n) is 4.75. The van der Waals surface area contributed by atoms with Gasteiger partial charge in [0.1, 0.15) is 17.1 Å². The van der Waals surface area contributed by atoms with E-state index in [1.807, 2.05) is 36.4 Å². The van der Waals surface area contributed by atoms with Crippen LogP contribution in [-0.4, -0.2) is 39.9 Å². The van der Waals surface area contributed by atoms with Gasteiger partial charge in [0.25, 0.3) is 17.4 Å². The van der Waals surface area contributed by atoms with E-state index in [1.165, 1.54) is 23.6 Å². The number of aromatic nitrogens is 2. The molecule has 0 aliphatic heterocycles. The first-order chi connectivity index (χ1) is 22.7. The summed E-state index contributed by atoms with van der Waals surface area (Å²) in [6, 6.07) is 31.9. The van der Waals surface area contributed by atoms with Crippen LogP contribution in [0, 0.1) is 6.92 Å². The van der Waals surface area contributed by atoms with Crippen molar-refractivity contribution < 1.29 is 19.1 Å². The molecule has 5 aromatic rings. The summed E-state index contributed by atoms with van der Waals surface area (Å²) in [6.07, 6.45) is 1.56. The van der Waals surface area contributed by atoms with E-state index in [0.717, 1.165) is 4.90 Å². The van der Waals surface area contributed by atoms with E-state index in [0.29, 0.717) is 33.9 Å². The summed E-state index contributed by atoms with van der Waals surface area (Å²) < 4.78 is 8.63. The zero-order valence-corrected chi connectivity index (χ0v) is 26.8. The van der Waals surface area contributed by atoms with Crippen LogP contribution in [0.3, 0.4) is 0 Å². The van der Waals surface area contributed by atoms with Crippen LogP contribution in [0.15, 0.2) is 125 Å². The lowest BCUT2D eigenvalue weighted by Crippen LogP contribution is -2.30. The van der Waals surface area contributed by atoms with Crippen molar-refractivity contribution in [2.24, 2.45) is 7.05 Å². The van der Waals surface area contributed by atoms with Gasteiger partial charge in [-0.25, -0.2) is 4.68 Å². The van der Waals surface area contributed by atoms with Gasteiger partial charge in [-0.1, -0.05) is 54.6 Å². The lowest BCUT2D eigenvalue weighted by atomic mass is 10.1. The number of ether oxygens (including phenoxy) is 1. The second kappa shape index (κ2) is 15.0. The summed E-state index contributed by atoms with van der Waals surface area (Å²) in [4.78, 5) is 53.1. The van der Waals surface area contributed by atoms with E-state index >= 15 is 0 Å². The molecule has 0 saturated heterocycles. The molecule has 0 aliphatic rings. The molecule has 238 valence electrons. The molecule has 0 saturated carbocycles. The highest BCUT2D eigenvalue weighted by atomic mass is 32.2. The Hall–Kier alpha value is -5.81. The first-order valence-corrected chi connectivity index (χ1v) is 15.6. The lowest BCUT2D eigenvalue weighted by Gasteiger charge is -2.13. The quantitative estimate of drug-likeness (QED) is 0.126. The third-order valence-electron chi connectivity index (χ3n) is 7.27. The molecule has 1 aromatic heterocycles. The SMILES string of the molecule is COc1ccccc1/C=C(\NC(=O)c1ccccc1)C(=O)Nc1ccc(SCC(=O)Nc2c(C)n(C)n(-c3ccccc3)c2=O)cc1. The number of rotatable bonds is 11. The van der Waals surface area contributed by atoms with Crippen LogP contribution >= 0.6 is 11.8 Å². The molecule has 5 rings (SSSR count). The number of hydrogen-bond acceptors (Lipinski definition) is 6. The van der Waals surface area contributed by atoms with Crippen LogP contribution in [0.5, 0.6) is 5.75 Å². The predicted octanol–water partition coefficient (Wildman–Crippen LogP) is 5.63. The van der Waals surface area contributed by atoms with Gasteiger partial charge in [-0.05, 0) is 67.6 Å². The van der Waals surface area contributed by atoms with E-state index in [1.54, 1.807) is 97.5 Å². The molecule has 0 fully saturated rings. The number of thioether (sulfide) groups is 1. The molecular weight excluding hydrogens is 614 g/mol. The molecular formula is C36H33N5O5S. The van der Waals surface area contributed by atoms with Gasteiger partial charge in [-0.3, -0.25) is 23.9 Å². The van der Waals surface area contributed by atoms with E-state index in [-0.39, 0.29) is 28.6 Å². The smallest absolute Gasteiger partial charge is 0.295 e. The molecule has 0 spiro atoms. The van der Waals surface area contributed by atoms with Gasteiger partial charge < -0.3 is 20.7 Å². The Balaban J connectivity index is 1.24. The van der Waals surface area contributed by atoms with Gasteiger partial charge in [-0.2, -0.15) is 0 Å². The second-order valence-electron chi connectivity index (χ2n) is 10.4. The van der Waals surface area contributed by atoms with Gasteiger partial charge in [0.05, 0.1) is 24.2 Å². The highest BCUT2D eigenvalue weighted by molar-refractivity contribution is 8.00. The Morgan fingerprint density at radius 1 is 0.830 bits per heavy atom. The minimum absolute atomic E-state index is 0.0287. The third kappa shape index (κ3) is 7.89. The molecule has 4 aromatic carbocycles. The van der Waals surface area contributed by atoms with Crippen molar-refractivity contribution in [2.45, 2.75) is 11.8 Å². The Kier molecular flexibility index (Phi) is 10.4. The number of nitrogens with one attached hydrogen (secondary N) is 3. The molecule has 3 amide bonds. The van der Waals surface area contributed by atoms with E-state index in [2.05, 4.69) is 16.0 Å². The maximum absolute atomic E-state index is 13.4. The van der Waals surface area contributed by atoms with E-state index in [4.69, 9.17) is 4.74 Å². The molecule has 0 aliphatic carbocycles. The molecule has 0 bridgehead atoms. The standard InChI is InChI=1S/C36H33N5O5S/c1-24-33(36(45)41(40(24)2)28-15-8-5-9-16-28)39-32(42)23-47-29-20-18-27(19-21-29)37-35(44)30(22-26-14-10-11-17-31(26)46-3)38-34(43)25-12-6-4-7-13-25/h4-22H,23H2,1-3H3,(H,37,44)(H,38,43)(H,39,42)/b30-22-. The number of carbonyl (C=O) groups is 3. The van der Waals surface area contributed by atoms with Crippen LogP contribution in [-0.2, 0) is 16.6 Å². The lowest BCUT2D eigenvalue weighted by molar-refractivity contribution is -0.114. The van der Waals surface area contributed by atoms with E-state index in [9.17, 15) is 19.2 Å². The molecule has 1 heterocycles. The van der Waals surface area contributed by atoms with Crippen LogP contribution in [0.25, 0.3) is 11.8 Å². The second-order valence-corrected chi connectivity index (χ2v) is 11.4. The first-order valence-electron chi connectivity index (χ1n) is 14.6. The zero-order chi connectivity index (χ0) is 33.3. The Bertz CT molecular complexity index is 1980. The number of anilines is 2. The molecule has 11 heteroatoms. The number of carbonyl (C=O) groups excluding carboxylic acids is 3. The number of para-hydroxylation sites is 2. The summed E-state index contributed by atoms with van der Waals surface area (Å²) in [5.74, 6) is -0.668. The highest BCUT2D eigenvalue weighted by Crippen LogP contribution is 2.23. The van der Waals surface area contributed by atoms with Crippen molar-refractivity contribution in [2.75, 3.05) is 23.5 Å². The van der Waals surface area contributed by atoms with Crippen LogP contribution in [0.1, 0.15) is 21.6 Å². The summed E-state index contributed by atoms with van der Waals surface area (Å²) >= 11 is 1.29. The van der Waals surface area contributed by atoms with Crippen molar-refractivity contribution in [3.63, 3.8) is 0 Å². The van der Waals surface area contributed by atoms with Gasteiger partial charge in [0, 0.05) is 28.8 Å². The zero-order valence-electron chi connectivity index (χ0n) is 26.0. The monoisotopic (exact) mass is 647 g/mol. The number of benzene rings is 4. The molecule has 0 radical (unpaired) electrons.